The van der Waals surface area contributed by atoms with Crippen molar-refractivity contribution in [3.63, 3.8) is 0 Å². The Labute approximate surface area is 87.4 Å². The van der Waals surface area contributed by atoms with E-state index in [1.165, 1.54) is 24.3 Å². The van der Waals surface area contributed by atoms with Gasteiger partial charge >= 0.3 is 0 Å². The first-order valence-electron chi connectivity index (χ1n) is 4.11. The summed E-state index contributed by atoms with van der Waals surface area (Å²) < 4.78 is 24.6. The van der Waals surface area contributed by atoms with Crippen molar-refractivity contribution in [1.82, 2.24) is 0 Å². The number of hydrogen-bond acceptors (Lipinski definition) is 5. The van der Waals surface area contributed by atoms with Gasteiger partial charge in [0, 0.05) is 11.4 Å². The van der Waals surface area contributed by atoms with Crippen molar-refractivity contribution in [3.8, 4) is 0 Å². The predicted octanol–water partition coefficient (Wildman–Crippen LogP) is -0.679. The first-order valence-corrected chi connectivity index (χ1v) is 5.76. The number of nitrogens with two attached hydrogens (primary N) is 1. The number of nitrogens with one attached hydrogen (secondary N) is 1. The summed E-state index contributed by atoms with van der Waals surface area (Å²) in [5, 5.41) is 17.1. The fourth-order valence-corrected chi connectivity index (χ4v) is 1.94. The van der Waals surface area contributed by atoms with Crippen LogP contribution in [0.2, 0.25) is 0 Å². The second kappa shape index (κ2) is 4.47. The van der Waals surface area contributed by atoms with Gasteiger partial charge in [0.1, 0.15) is 5.75 Å². The van der Waals surface area contributed by atoms with Crippen LogP contribution in [0.1, 0.15) is 0 Å². The smallest absolute Gasteiger partial charge is 0.237 e. The Morgan fingerprint density at radius 3 is 2.27 bits per heavy atom. The minimum Gasteiger partial charge on any atom is -0.399 e. The summed E-state index contributed by atoms with van der Waals surface area (Å²) in [6.07, 6.45) is -1.89. The lowest BCUT2D eigenvalue weighted by Gasteiger charge is -2.08. The van der Waals surface area contributed by atoms with Crippen LogP contribution in [-0.4, -0.2) is 30.7 Å². The molecule has 0 aliphatic carbocycles. The van der Waals surface area contributed by atoms with E-state index in [2.05, 4.69) is 4.72 Å². The van der Waals surface area contributed by atoms with Crippen molar-refractivity contribution in [2.45, 2.75) is 6.29 Å². The highest BCUT2D eigenvalue weighted by atomic mass is 32.2. The summed E-state index contributed by atoms with van der Waals surface area (Å²) in [5.74, 6) is -0.766. The second-order valence-electron chi connectivity index (χ2n) is 2.99. The molecule has 0 fully saturated rings. The maximum absolute atomic E-state index is 11.2. The average molecular weight is 232 g/mol. The van der Waals surface area contributed by atoms with Gasteiger partial charge in [-0.15, -0.1) is 0 Å². The molecule has 1 aromatic carbocycles. The summed E-state index contributed by atoms with van der Waals surface area (Å²) in [4.78, 5) is 0. The van der Waals surface area contributed by atoms with E-state index in [4.69, 9.17) is 15.9 Å². The maximum atomic E-state index is 11.2. The molecule has 0 amide bonds. The zero-order valence-electron chi connectivity index (χ0n) is 7.79. The van der Waals surface area contributed by atoms with Gasteiger partial charge in [-0.2, -0.15) is 0 Å². The number of sulfonamides is 1. The topological polar surface area (TPSA) is 113 Å². The van der Waals surface area contributed by atoms with Crippen LogP contribution in [0.25, 0.3) is 0 Å². The quantitative estimate of drug-likeness (QED) is 0.406. The third-order valence-corrected chi connectivity index (χ3v) is 2.84. The number of benzene rings is 1. The van der Waals surface area contributed by atoms with Crippen molar-refractivity contribution in [2.75, 3.05) is 16.2 Å². The van der Waals surface area contributed by atoms with Crippen LogP contribution in [0.15, 0.2) is 24.3 Å². The van der Waals surface area contributed by atoms with Gasteiger partial charge in [-0.3, -0.25) is 4.72 Å². The monoisotopic (exact) mass is 232 g/mol. The highest BCUT2D eigenvalue weighted by Gasteiger charge is 2.14. The van der Waals surface area contributed by atoms with Gasteiger partial charge in [-0.1, -0.05) is 0 Å². The predicted molar refractivity (Wildman–Crippen MR) is 56.5 cm³/mol. The van der Waals surface area contributed by atoms with Crippen LogP contribution in [0.4, 0.5) is 11.4 Å². The van der Waals surface area contributed by atoms with Crippen LogP contribution in [0, 0.1) is 0 Å². The minimum atomic E-state index is -3.74. The Kier molecular flexibility index (Phi) is 3.51. The number of rotatable bonds is 4. The molecule has 0 heterocycles. The molecule has 0 bridgehead atoms. The molecule has 15 heavy (non-hydrogen) atoms. The zero-order chi connectivity index (χ0) is 11.5. The Morgan fingerprint density at radius 2 is 1.80 bits per heavy atom. The van der Waals surface area contributed by atoms with Crippen LogP contribution in [0.3, 0.4) is 0 Å². The first-order chi connectivity index (χ1) is 6.89. The fraction of sp³-hybridized carbons (Fsp3) is 0.250. The van der Waals surface area contributed by atoms with Gasteiger partial charge in [0.2, 0.25) is 10.0 Å². The molecule has 6 nitrogen and oxygen atoms in total. The SMILES string of the molecule is Nc1ccc(NS(=O)(=O)CC(O)O)cc1. The van der Waals surface area contributed by atoms with Crippen molar-refractivity contribution >= 4 is 21.4 Å². The lowest BCUT2D eigenvalue weighted by atomic mass is 10.3. The van der Waals surface area contributed by atoms with Crippen LogP contribution < -0.4 is 10.5 Å². The molecule has 1 rings (SSSR count). The number of hydrogen-bond donors (Lipinski definition) is 4. The van der Waals surface area contributed by atoms with Crippen LogP contribution in [-0.2, 0) is 10.0 Å². The number of anilines is 2. The van der Waals surface area contributed by atoms with E-state index in [9.17, 15) is 8.42 Å². The second-order valence-corrected chi connectivity index (χ2v) is 4.75. The molecule has 0 radical (unpaired) electrons. The lowest BCUT2D eigenvalue weighted by molar-refractivity contribution is -0.0197. The van der Waals surface area contributed by atoms with E-state index in [0.29, 0.717) is 11.4 Å². The average Bonchev–Trinajstić information content (AvgIpc) is 2.06. The molecular weight excluding hydrogens is 220 g/mol. The first kappa shape index (κ1) is 11.8. The summed E-state index contributed by atoms with van der Waals surface area (Å²) in [7, 11) is -3.74. The Bertz CT molecular complexity index is 413. The van der Waals surface area contributed by atoms with E-state index < -0.39 is 22.1 Å². The highest BCUT2D eigenvalue weighted by molar-refractivity contribution is 7.92. The van der Waals surface area contributed by atoms with E-state index >= 15 is 0 Å². The van der Waals surface area contributed by atoms with Gasteiger partial charge in [0.05, 0.1) is 0 Å². The molecule has 0 saturated carbocycles. The molecule has 0 aliphatic heterocycles. The molecule has 5 N–H and O–H groups in total. The Balaban J connectivity index is 2.73. The third kappa shape index (κ3) is 4.15. The van der Waals surface area contributed by atoms with Crippen LogP contribution >= 0.6 is 0 Å². The van der Waals surface area contributed by atoms with Gasteiger partial charge < -0.3 is 15.9 Å². The molecule has 84 valence electrons. The van der Waals surface area contributed by atoms with Crippen molar-refractivity contribution < 1.29 is 18.6 Å². The number of aliphatic hydroxyl groups is 2. The highest BCUT2D eigenvalue weighted by Crippen LogP contribution is 2.12. The van der Waals surface area contributed by atoms with Crippen molar-refractivity contribution in [3.05, 3.63) is 24.3 Å². The Morgan fingerprint density at radius 1 is 1.27 bits per heavy atom. The number of nitrogen functional groups attached to an aromatic ring is 1. The van der Waals surface area contributed by atoms with E-state index in [-0.39, 0.29) is 0 Å². The largest absolute Gasteiger partial charge is 0.399 e. The summed E-state index contributed by atoms with van der Waals surface area (Å²) >= 11 is 0. The molecule has 0 unspecified atom stereocenters. The fourth-order valence-electron chi connectivity index (χ4n) is 0.969. The zero-order valence-corrected chi connectivity index (χ0v) is 8.61. The lowest BCUT2D eigenvalue weighted by Crippen LogP contribution is -2.25. The molecule has 0 atom stereocenters. The summed E-state index contributed by atoms with van der Waals surface area (Å²) in [5.41, 5.74) is 6.25. The maximum Gasteiger partial charge on any atom is 0.237 e. The molecule has 7 heteroatoms. The number of aliphatic hydroxyl groups excluding tert-OH is 1. The van der Waals surface area contributed by atoms with E-state index in [0.717, 1.165) is 0 Å². The standard InChI is InChI=1S/C8H12N2O4S/c9-6-1-3-7(4-2-6)10-15(13,14)5-8(11)12/h1-4,8,10-12H,5,9H2. The van der Waals surface area contributed by atoms with Gasteiger partial charge in [-0.25, -0.2) is 8.42 Å². The van der Waals surface area contributed by atoms with E-state index in [1.807, 2.05) is 0 Å². The van der Waals surface area contributed by atoms with Gasteiger partial charge in [0.15, 0.2) is 6.29 Å². The minimum absolute atomic E-state index is 0.324. The van der Waals surface area contributed by atoms with Crippen molar-refractivity contribution in [2.24, 2.45) is 0 Å². The van der Waals surface area contributed by atoms with Gasteiger partial charge in [0.25, 0.3) is 0 Å². The van der Waals surface area contributed by atoms with Gasteiger partial charge in [-0.05, 0) is 24.3 Å². The van der Waals surface area contributed by atoms with Crippen molar-refractivity contribution in [1.29, 1.82) is 0 Å². The molecule has 0 aliphatic rings. The molecule has 1 aromatic rings. The molecule has 0 aromatic heterocycles. The van der Waals surface area contributed by atoms with Crippen LogP contribution in [0.5, 0.6) is 0 Å². The third-order valence-electron chi connectivity index (χ3n) is 1.55. The molecule has 0 saturated heterocycles. The molecule has 0 spiro atoms. The molecular formula is C8H12N2O4S. The summed E-state index contributed by atoms with van der Waals surface area (Å²) in [6.45, 7) is 0. The Hall–Kier alpha value is -1.31. The normalized spacial score (nSPS) is 11.7. The van der Waals surface area contributed by atoms with E-state index in [1.54, 1.807) is 0 Å². The summed E-state index contributed by atoms with van der Waals surface area (Å²) in [6, 6.07) is 6.04.